The van der Waals surface area contributed by atoms with E-state index in [9.17, 15) is 25.4 Å². The van der Waals surface area contributed by atoms with E-state index >= 15 is 0 Å². The lowest BCUT2D eigenvalue weighted by Crippen LogP contribution is -2.44. The Balaban J connectivity index is 2.69. The molecule has 0 saturated carbocycles. The van der Waals surface area contributed by atoms with E-state index in [0.29, 0.717) is 0 Å². The second-order valence-corrected chi connectivity index (χ2v) is 4.38. The molecule has 1 aromatic carbocycles. The number of nitrogens with zero attached hydrogens (tertiary/aromatic N) is 2. The molecule has 1 aromatic rings. The summed E-state index contributed by atoms with van der Waals surface area (Å²) in [6.07, 6.45) is -5.09. The first-order valence-corrected chi connectivity index (χ1v) is 6.09. The first-order chi connectivity index (χ1) is 9.84. The molecule has 0 bridgehead atoms. The molecule has 0 aliphatic rings. The number of aliphatic hydroxyl groups is 4. The zero-order valence-corrected chi connectivity index (χ0v) is 11.2. The first-order valence-electron chi connectivity index (χ1n) is 6.09. The third kappa shape index (κ3) is 4.76. The highest BCUT2D eigenvalue weighted by Gasteiger charge is 2.27. The van der Waals surface area contributed by atoms with Crippen LogP contribution in [0.1, 0.15) is 6.92 Å². The molecule has 0 unspecified atom stereocenters. The second-order valence-electron chi connectivity index (χ2n) is 4.38. The Hall–Kier alpha value is -2.07. The predicted molar refractivity (Wildman–Crippen MR) is 74.9 cm³/mol. The van der Waals surface area contributed by atoms with Crippen molar-refractivity contribution in [2.75, 3.05) is 5.43 Å². The number of nitro groups is 1. The molecule has 0 saturated heterocycles. The van der Waals surface area contributed by atoms with Crippen LogP contribution in [0.3, 0.4) is 0 Å². The van der Waals surface area contributed by atoms with Gasteiger partial charge in [0.25, 0.3) is 5.69 Å². The summed E-state index contributed by atoms with van der Waals surface area (Å²) < 4.78 is 0. The molecule has 0 radical (unpaired) electrons. The van der Waals surface area contributed by atoms with Gasteiger partial charge in [0.2, 0.25) is 0 Å². The van der Waals surface area contributed by atoms with Crippen LogP contribution in [0.25, 0.3) is 0 Å². The van der Waals surface area contributed by atoms with Crippen molar-refractivity contribution in [3.8, 4) is 0 Å². The Morgan fingerprint density at radius 1 is 1.24 bits per heavy atom. The van der Waals surface area contributed by atoms with E-state index in [1.807, 2.05) is 0 Å². The van der Waals surface area contributed by atoms with Crippen LogP contribution >= 0.6 is 0 Å². The van der Waals surface area contributed by atoms with Gasteiger partial charge in [-0.05, 0) is 13.0 Å². The topological polar surface area (TPSA) is 148 Å². The van der Waals surface area contributed by atoms with Crippen LogP contribution in [0.15, 0.2) is 29.4 Å². The summed E-state index contributed by atoms with van der Waals surface area (Å²) in [7, 11) is 0. The summed E-state index contributed by atoms with van der Waals surface area (Å²) in [4.78, 5) is 10.2. The second kappa shape index (κ2) is 7.64. The molecule has 0 spiro atoms. The smallest absolute Gasteiger partial charge is 0.294 e. The van der Waals surface area contributed by atoms with Gasteiger partial charge < -0.3 is 20.4 Å². The maximum absolute atomic E-state index is 10.8. The molecule has 4 atom stereocenters. The molecule has 21 heavy (non-hydrogen) atoms. The van der Waals surface area contributed by atoms with E-state index in [1.54, 1.807) is 6.07 Å². The van der Waals surface area contributed by atoms with Gasteiger partial charge >= 0.3 is 0 Å². The quantitative estimate of drug-likeness (QED) is 0.258. The van der Waals surface area contributed by atoms with Gasteiger partial charge in [0.05, 0.1) is 17.2 Å². The first kappa shape index (κ1) is 17.0. The summed E-state index contributed by atoms with van der Waals surface area (Å²) in [5.41, 5.74) is 2.27. The zero-order chi connectivity index (χ0) is 16.0. The van der Waals surface area contributed by atoms with Gasteiger partial charge in [-0.15, -0.1) is 0 Å². The molecular formula is C12H17N3O6. The zero-order valence-electron chi connectivity index (χ0n) is 11.2. The van der Waals surface area contributed by atoms with Gasteiger partial charge in [-0.1, -0.05) is 12.1 Å². The van der Waals surface area contributed by atoms with Gasteiger partial charge in [-0.2, -0.15) is 5.10 Å². The fraction of sp³-hybridized carbons (Fsp3) is 0.417. The molecule has 0 aromatic heterocycles. The Morgan fingerprint density at radius 2 is 1.86 bits per heavy atom. The summed E-state index contributed by atoms with van der Waals surface area (Å²) in [5.74, 6) is 0. The molecule has 0 aliphatic heterocycles. The van der Waals surface area contributed by atoms with E-state index in [-0.39, 0.29) is 11.4 Å². The Bertz CT molecular complexity index is 508. The molecule has 0 amide bonds. The molecule has 1 rings (SSSR count). The minimum atomic E-state index is -1.64. The molecule has 9 nitrogen and oxygen atoms in total. The van der Waals surface area contributed by atoms with Crippen molar-refractivity contribution < 1.29 is 25.3 Å². The highest BCUT2D eigenvalue weighted by molar-refractivity contribution is 5.67. The number of benzene rings is 1. The molecule has 0 aliphatic carbocycles. The van der Waals surface area contributed by atoms with Crippen molar-refractivity contribution in [3.05, 3.63) is 34.4 Å². The lowest BCUT2D eigenvalue weighted by atomic mass is 10.1. The van der Waals surface area contributed by atoms with Crippen molar-refractivity contribution in [1.82, 2.24) is 0 Å². The lowest BCUT2D eigenvalue weighted by Gasteiger charge is -2.22. The van der Waals surface area contributed by atoms with Gasteiger partial charge in [0, 0.05) is 6.07 Å². The summed E-state index contributed by atoms with van der Waals surface area (Å²) in [5, 5.41) is 51.8. The number of hydrogen-bond donors (Lipinski definition) is 5. The number of hydrazone groups is 1. The Morgan fingerprint density at radius 3 is 2.43 bits per heavy atom. The van der Waals surface area contributed by atoms with E-state index < -0.39 is 29.3 Å². The van der Waals surface area contributed by atoms with Gasteiger partial charge in [0.1, 0.15) is 24.0 Å². The van der Waals surface area contributed by atoms with Crippen LogP contribution in [0.2, 0.25) is 0 Å². The fourth-order valence-electron chi connectivity index (χ4n) is 1.49. The number of rotatable bonds is 7. The standard InChI is InChI=1S/C12H17N3O6/c1-7(16)11(18)12(19)10(17)6-13-14-8-4-2-3-5-9(8)15(20)21/h2-7,10-12,14,16-19H,1H3/b13-6-/t7-,10+,11-,12-/m0/s1. The highest BCUT2D eigenvalue weighted by Crippen LogP contribution is 2.22. The minimum Gasteiger partial charge on any atom is -0.391 e. The third-order valence-electron chi connectivity index (χ3n) is 2.71. The molecular weight excluding hydrogens is 282 g/mol. The average molecular weight is 299 g/mol. The van der Waals surface area contributed by atoms with Crippen LogP contribution in [-0.2, 0) is 0 Å². The van der Waals surface area contributed by atoms with Crippen molar-refractivity contribution in [1.29, 1.82) is 0 Å². The van der Waals surface area contributed by atoms with E-state index in [4.69, 9.17) is 5.11 Å². The van der Waals surface area contributed by atoms with Gasteiger partial charge in [0.15, 0.2) is 0 Å². The van der Waals surface area contributed by atoms with Crippen LogP contribution in [0.5, 0.6) is 0 Å². The number of nitro benzene ring substituents is 1. The minimum absolute atomic E-state index is 0.108. The summed E-state index contributed by atoms with van der Waals surface area (Å²) in [6.45, 7) is 1.25. The number of nitrogens with one attached hydrogen (secondary N) is 1. The maximum atomic E-state index is 10.8. The number of aliphatic hydroxyl groups excluding tert-OH is 4. The Kier molecular flexibility index (Phi) is 6.18. The fourth-order valence-corrected chi connectivity index (χ4v) is 1.49. The molecule has 0 heterocycles. The van der Waals surface area contributed by atoms with Crippen LogP contribution in [0.4, 0.5) is 11.4 Å². The van der Waals surface area contributed by atoms with Crippen molar-refractivity contribution in [2.45, 2.75) is 31.3 Å². The molecule has 0 fully saturated rings. The number of hydrogen-bond acceptors (Lipinski definition) is 8. The number of anilines is 1. The van der Waals surface area contributed by atoms with E-state index in [0.717, 1.165) is 6.21 Å². The van der Waals surface area contributed by atoms with Crippen molar-refractivity contribution >= 4 is 17.6 Å². The normalized spacial score (nSPS) is 17.2. The lowest BCUT2D eigenvalue weighted by molar-refractivity contribution is -0.384. The third-order valence-corrected chi connectivity index (χ3v) is 2.71. The van der Waals surface area contributed by atoms with Crippen LogP contribution in [0, 0.1) is 10.1 Å². The molecule has 116 valence electrons. The van der Waals surface area contributed by atoms with Crippen LogP contribution < -0.4 is 5.43 Å². The summed E-state index contributed by atoms with van der Waals surface area (Å²) in [6, 6.07) is 5.75. The van der Waals surface area contributed by atoms with Gasteiger partial charge in [-0.3, -0.25) is 15.5 Å². The van der Waals surface area contributed by atoms with E-state index in [1.165, 1.54) is 25.1 Å². The van der Waals surface area contributed by atoms with Gasteiger partial charge in [-0.25, -0.2) is 0 Å². The van der Waals surface area contributed by atoms with E-state index in [2.05, 4.69) is 10.5 Å². The SMILES string of the molecule is C[C@H](O)[C@H](O)[C@@H](O)[C@H](O)/C=N\Nc1ccccc1[N+](=O)[O-]. The Labute approximate surface area is 120 Å². The predicted octanol–water partition coefficient (Wildman–Crippen LogP) is -0.544. The average Bonchev–Trinajstić information content (AvgIpc) is 2.45. The van der Waals surface area contributed by atoms with Crippen molar-refractivity contribution in [3.63, 3.8) is 0 Å². The van der Waals surface area contributed by atoms with Crippen molar-refractivity contribution in [2.24, 2.45) is 5.10 Å². The summed E-state index contributed by atoms with van der Waals surface area (Å²) >= 11 is 0. The maximum Gasteiger partial charge on any atom is 0.294 e. The monoisotopic (exact) mass is 299 g/mol. The molecule has 5 N–H and O–H groups in total. The number of para-hydroxylation sites is 2. The van der Waals surface area contributed by atoms with Crippen LogP contribution in [-0.4, -0.2) is 56.0 Å². The largest absolute Gasteiger partial charge is 0.391 e. The molecule has 9 heteroatoms. The highest BCUT2D eigenvalue weighted by atomic mass is 16.6.